The van der Waals surface area contributed by atoms with Crippen LogP contribution in [-0.2, 0) is 4.74 Å². The van der Waals surface area contributed by atoms with Gasteiger partial charge in [0.25, 0.3) is 5.90 Å². The molecule has 1 heterocycles. The van der Waals surface area contributed by atoms with Gasteiger partial charge in [-0.15, -0.1) is 0 Å². The molecule has 0 aromatic heterocycles. The summed E-state index contributed by atoms with van der Waals surface area (Å²) in [4.78, 5) is 13.9. The van der Waals surface area contributed by atoms with Crippen LogP contribution in [0.4, 0.5) is 9.18 Å². The molecule has 0 saturated carbocycles. The number of rotatable bonds is 3. The number of amides is 1. The molecule has 27 heavy (non-hydrogen) atoms. The van der Waals surface area contributed by atoms with Gasteiger partial charge >= 0.3 is 6.09 Å². The van der Waals surface area contributed by atoms with Crippen molar-refractivity contribution >= 4 is 12.0 Å². The van der Waals surface area contributed by atoms with Crippen LogP contribution in [0.15, 0.2) is 52.7 Å². The van der Waals surface area contributed by atoms with Crippen molar-refractivity contribution in [2.45, 2.75) is 39.7 Å². The molecule has 1 amide bonds. The number of hydrogen-bond donors (Lipinski definition) is 1. The first kappa shape index (κ1) is 20.5. The van der Waals surface area contributed by atoms with Crippen molar-refractivity contribution in [3.05, 3.63) is 53.4 Å². The zero-order chi connectivity index (χ0) is 20.0. The Morgan fingerprint density at radius 1 is 1.30 bits per heavy atom. The molecule has 0 saturated heterocycles. The molecule has 1 aliphatic heterocycles. The molecular formula is C20H25FN2O4. The van der Waals surface area contributed by atoms with Crippen LogP contribution in [0.2, 0.25) is 0 Å². The Bertz CT molecular complexity index is 761. The summed E-state index contributed by atoms with van der Waals surface area (Å²) in [5.41, 5.74) is 1.49. The van der Waals surface area contributed by atoms with E-state index in [2.05, 4.69) is 5.16 Å². The quantitative estimate of drug-likeness (QED) is 0.365. The maximum atomic E-state index is 12.9. The van der Waals surface area contributed by atoms with Gasteiger partial charge in [0.1, 0.15) is 17.2 Å². The van der Waals surface area contributed by atoms with E-state index in [1.54, 1.807) is 11.0 Å². The minimum absolute atomic E-state index is 0.0451. The van der Waals surface area contributed by atoms with Crippen LogP contribution in [0.5, 0.6) is 5.75 Å². The molecule has 2 rings (SSSR count). The van der Waals surface area contributed by atoms with Gasteiger partial charge in [0.15, 0.2) is 0 Å². The van der Waals surface area contributed by atoms with Crippen LogP contribution in [0.1, 0.15) is 34.1 Å². The van der Waals surface area contributed by atoms with Crippen molar-refractivity contribution < 1.29 is 23.9 Å². The fourth-order valence-electron chi connectivity index (χ4n) is 2.44. The zero-order valence-corrected chi connectivity index (χ0v) is 16.0. The van der Waals surface area contributed by atoms with Crippen LogP contribution in [0, 0.1) is 5.82 Å². The van der Waals surface area contributed by atoms with E-state index < -0.39 is 5.60 Å². The summed E-state index contributed by atoms with van der Waals surface area (Å²) in [5, 5.41) is 12.2. The SMILES string of the molecule is CC1=C(/C=C\C(=N\O)Oc2ccc(F)cc2)CN(C(=O)OC(C)(C)C)CC1. The summed E-state index contributed by atoms with van der Waals surface area (Å²) in [6, 6.07) is 5.37. The second kappa shape index (κ2) is 8.70. The smallest absolute Gasteiger partial charge is 0.410 e. The molecule has 146 valence electrons. The summed E-state index contributed by atoms with van der Waals surface area (Å²) in [6.07, 6.45) is 3.61. The van der Waals surface area contributed by atoms with Crippen LogP contribution in [0.25, 0.3) is 0 Å². The molecular weight excluding hydrogens is 351 g/mol. The van der Waals surface area contributed by atoms with Gasteiger partial charge in [-0.3, -0.25) is 0 Å². The van der Waals surface area contributed by atoms with Gasteiger partial charge < -0.3 is 19.6 Å². The molecule has 0 radical (unpaired) electrons. The van der Waals surface area contributed by atoms with Gasteiger partial charge in [-0.1, -0.05) is 11.6 Å². The highest BCUT2D eigenvalue weighted by atomic mass is 19.1. The van der Waals surface area contributed by atoms with Gasteiger partial charge in [0.2, 0.25) is 0 Å². The van der Waals surface area contributed by atoms with Crippen molar-refractivity contribution in [2.24, 2.45) is 5.16 Å². The van der Waals surface area contributed by atoms with Gasteiger partial charge in [-0.25, -0.2) is 9.18 Å². The normalized spacial score (nSPS) is 16.0. The van der Waals surface area contributed by atoms with Crippen LogP contribution >= 0.6 is 0 Å². The van der Waals surface area contributed by atoms with Gasteiger partial charge in [-0.05, 0) is 69.1 Å². The zero-order valence-electron chi connectivity index (χ0n) is 16.0. The number of nitrogens with zero attached hydrogens (tertiary/aromatic N) is 2. The second-order valence-corrected chi connectivity index (χ2v) is 7.29. The van der Waals surface area contributed by atoms with Crippen LogP contribution in [0.3, 0.4) is 0 Å². The molecule has 0 fully saturated rings. The topological polar surface area (TPSA) is 71.4 Å². The number of hydrogen-bond acceptors (Lipinski definition) is 5. The Morgan fingerprint density at radius 2 is 1.96 bits per heavy atom. The van der Waals surface area contributed by atoms with Crippen LogP contribution < -0.4 is 4.74 Å². The molecule has 0 aliphatic carbocycles. The second-order valence-electron chi connectivity index (χ2n) is 7.29. The lowest BCUT2D eigenvalue weighted by Crippen LogP contribution is -2.40. The molecule has 1 aromatic rings. The highest BCUT2D eigenvalue weighted by molar-refractivity contribution is 5.89. The molecule has 0 spiro atoms. The first-order valence-electron chi connectivity index (χ1n) is 8.68. The fraction of sp³-hybridized carbons (Fsp3) is 0.400. The van der Waals surface area contributed by atoms with E-state index in [4.69, 9.17) is 14.7 Å². The number of oxime groups is 1. The standard InChI is InChI=1S/C20H25FN2O4/c1-14-11-12-23(19(24)27-20(2,3)4)13-15(14)5-10-18(22-25)26-17-8-6-16(21)7-9-17/h5-10,25H,11-13H2,1-4H3/b10-5-,22-18-. The average Bonchev–Trinajstić information content (AvgIpc) is 2.60. The Balaban J connectivity index is 2.04. The highest BCUT2D eigenvalue weighted by Crippen LogP contribution is 2.21. The maximum Gasteiger partial charge on any atom is 0.410 e. The Morgan fingerprint density at radius 3 is 2.56 bits per heavy atom. The van der Waals surface area contributed by atoms with E-state index in [-0.39, 0.29) is 17.8 Å². The van der Waals surface area contributed by atoms with E-state index in [1.807, 2.05) is 27.7 Å². The average molecular weight is 376 g/mol. The first-order chi connectivity index (χ1) is 12.7. The number of ether oxygens (including phenoxy) is 2. The lowest BCUT2D eigenvalue weighted by molar-refractivity contribution is 0.0261. The number of halogens is 1. The Hall–Kier alpha value is -2.83. The van der Waals surface area contributed by atoms with Gasteiger partial charge in [-0.2, -0.15) is 0 Å². The van der Waals surface area contributed by atoms with Crippen molar-refractivity contribution in [3.8, 4) is 5.75 Å². The lowest BCUT2D eigenvalue weighted by atomic mass is 10.0. The molecule has 7 heteroatoms. The summed E-state index contributed by atoms with van der Waals surface area (Å²) in [6.45, 7) is 8.45. The molecule has 6 nitrogen and oxygen atoms in total. The van der Waals surface area contributed by atoms with E-state index in [1.165, 1.54) is 30.3 Å². The minimum Gasteiger partial charge on any atom is -0.444 e. The number of carbonyl (C=O) groups excluding carboxylic acids is 1. The number of carbonyl (C=O) groups is 1. The maximum absolute atomic E-state index is 12.9. The highest BCUT2D eigenvalue weighted by Gasteiger charge is 2.25. The first-order valence-corrected chi connectivity index (χ1v) is 8.68. The van der Waals surface area contributed by atoms with Crippen LogP contribution in [-0.4, -0.2) is 40.8 Å². The summed E-state index contributed by atoms with van der Waals surface area (Å²) in [5.74, 6) is -0.0829. The summed E-state index contributed by atoms with van der Waals surface area (Å²) >= 11 is 0. The largest absolute Gasteiger partial charge is 0.444 e. The third kappa shape index (κ3) is 6.44. The molecule has 1 N–H and O–H groups in total. The van der Waals surface area contributed by atoms with Gasteiger partial charge in [0.05, 0.1) is 0 Å². The number of benzene rings is 1. The molecule has 0 atom stereocenters. The van der Waals surface area contributed by atoms with Crippen molar-refractivity contribution in [3.63, 3.8) is 0 Å². The molecule has 0 bridgehead atoms. The van der Waals surface area contributed by atoms with Crippen molar-refractivity contribution in [1.82, 2.24) is 4.90 Å². The molecule has 1 aromatic carbocycles. The third-order valence-electron chi connectivity index (χ3n) is 3.88. The summed E-state index contributed by atoms with van der Waals surface area (Å²) in [7, 11) is 0. The van der Waals surface area contributed by atoms with E-state index in [0.717, 1.165) is 17.6 Å². The van der Waals surface area contributed by atoms with Gasteiger partial charge in [0, 0.05) is 19.2 Å². The monoisotopic (exact) mass is 376 g/mol. The minimum atomic E-state index is -0.553. The van der Waals surface area contributed by atoms with Crippen molar-refractivity contribution in [1.29, 1.82) is 0 Å². The summed E-state index contributed by atoms with van der Waals surface area (Å²) < 4.78 is 23.8. The Labute approximate surface area is 158 Å². The van der Waals surface area contributed by atoms with Crippen molar-refractivity contribution in [2.75, 3.05) is 13.1 Å². The van der Waals surface area contributed by atoms with E-state index >= 15 is 0 Å². The fourth-order valence-corrected chi connectivity index (χ4v) is 2.44. The predicted molar refractivity (Wildman–Crippen MR) is 101 cm³/mol. The van der Waals surface area contributed by atoms with E-state index in [9.17, 15) is 9.18 Å². The molecule has 1 aliphatic rings. The Kier molecular flexibility index (Phi) is 6.60. The van der Waals surface area contributed by atoms with E-state index in [0.29, 0.717) is 18.8 Å². The lowest BCUT2D eigenvalue weighted by Gasteiger charge is -2.31. The molecule has 0 unspecified atom stereocenters. The third-order valence-corrected chi connectivity index (χ3v) is 3.88. The predicted octanol–water partition coefficient (Wildman–Crippen LogP) is 4.51.